The van der Waals surface area contributed by atoms with Crippen LogP contribution in [-0.4, -0.2) is 0 Å². The van der Waals surface area contributed by atoms with Crippen molar-refractivity contribution in [3.8, 4) is 22.3 Å². The number of thiophene rings is 2. The molecule has 244 valence electrons. The Hall–Kier alpha value is -6.20. The quantitative estimate of drug-likeness (QED) is 0.178. The maximum atomic E-state index is 6.78. The normalized spacial score (nSPS) is 11.8. The van der Waals surface area contributed by atoms with Crippen molar-refractivity contribution in [1.82, 2.24) is 0 Å². The van der Waals surface area contributed by atoms with Crippen molar-refractivity contribution in [1.29, 1.82) is 0 Å². The second-order valence-corrected chi connectivity index (χ2v) is 15.3. The minimum Gasteiger partial charge on any atom is -0.455 e. The van der Waals surface area contributed by atoms with Gasteiger partial charge in [0.25, 0.3) is 0 Å². The Labute approximate surface area is 308 Å². The average molecular weight is 700 g/mol. The number of nitrogens with zero attached hydrogens (tertiary/aromatic N) is 1. The molecule has 0 bridgehead atoms. The molecule has 0 spiro atoms. The Morgan fingerprint density at radius 1 is 0.404 bits per heavy atom. The standard InChI is InChI=1S/C48H29NOS2/c1-3-13-30(14-4-1)33-26-27-40(45-38-18-7-9-23-42(38)50-46(33)45)49(41-22-12-21-36-35-17-8-10-24-43(35)52-48(36)41)32-25-28-44-39(29-32)37-20-11-19-34(47(37)51-44)31-15-5-2-6-16-31/h1-29H. The lowest BCUT2D eigenvalue weighted by Crippen LogP contribution is -2.10. The van der Waals surface area contributed by atoms with Gasteiger partial charge in [-0.2, -0.15) is 0 Å². The fourth-order valence-corrected chi connectivity index (χ4v) is 10.4. The van der Waals surface area contributed by atoms with E-state index in [1.165, 1.54) is 51.5 Å². The molecule has 52 heavy (non-hydrogen) atoms. The fourth-order valence-electron chi connectivity index (χ4n) is 7.93. The van der Waals surface area contributed by atoms with Gasteiger partial charge in [-0.05, 0) is 65.2 Å². The average Bonchev–Trinajstić information content (AvgIpc) is 3.91. The first-order chi connectivity index (χ1) is 25.8. The van der Waals surface area contributed by atoms with Gasteiger partial charge in [0.1, 0.15) is 11.2 Å². The van der Waals surface area contributed by atoms with Crippen LogP contribution in [0.4, 0.5) is 17.1 Å². The number of para-hydroxylation sites is 1. The second kappa shape index (κ2) is 11.7. The molecule has 0 atom stereocenters. The summed E-state index contributed by atoms with van der Waals surface area (Å²) in [5, 5.41) is 7.31. The molecule has 0 fully saturated rings. The SMILES string of the molecule is c1ccc(-c2ccc(N(c3ccc4sc5c(-c6ccccc6)cccc5c4c3)c3cccc4c3sc3ccccc34)c3c2oc2ccccc23)cc1. The summed E-state index contributed by atoms with van der Waals surface area (Å²) in [5.74, 6) is 0. The van der Waals surface area contributed by atoms with E-state index in [1.54, 1.807) is 0 Å². The van der Waals surface area contributed by atoms with E-state index in [-0.39, 0.29) is 0 Å². The Bertz CT molecular complexity index is 3130. The van der Waals surface area contributed by atoms with Crippen molar-refractivity contribution in [2.24, 2.45) is 0 Å². The van der Waals surface area contributed by atoms with Gasteiger partial charge in [-0.3, -0.25) is 0 Å². The first kappa shape index (κ1) is 29.5. The Morgan fingerprint density at radius 2 is 1.04 bits per heavy atom. The lowest BCUT2D eigenvalue weighted by Gasteiger charge is -2.27. The summed E-state index contributed by atoms with van der Waals surface area (Å²) >= 11 is 3.74. The molecule has 0 amide bonds. The molecule has 0 aliphatic rings. The topological polar surface area (TPSA) is 16.4 Å². The summed E-state index contributed by atoms with van der Waals surface area (Å²) in [7, 11) is 0. The molecule has 0 aliphatic heterocycles. The molecule has 0 N–H and O–H groups in total. The molecular formula is C48H29NOS2. The van der Waals surface area contributed by atoms with Crippen molar-refractivity contribution in [2.75, 3.05) is 4.90 Å². The van der Waals surface area contributed by atoms with Crippen LogP contribution in [0.25, 0.3) is 84.5 Å². The van der Waals surface area contributed by atoms with Crippen LogP contribution in [0.3, 0.4) is 0 Å². The van der Waals surface area contributed by atoms with E-state index >= 15 is 0 Å². The van der Waals surface area contributed by atoms with Crippen molar-refractivity contribution in [3.05, 3.63) is 176 Å². The van der Waals surface area contributed by atoms with Gasteiger partial charge in [0.15, 0.2) is 0 Å². The summed E-state index contributed by atoms with van der Waals surface area (Å²) < 4.78 is 11.9. The van der Waals surface area contributed by atoms with Crippen molar-refractivity contribution in [2.45, 2.75) is 0 Å². The number of fused-ring (bicyclic) bond motifs is 9. The zero-order chi connectivity index (χ0) is 34.2. The van der Waals surface area contributed by atoms with Crippen LogP contribution in [-0.2, 0) is 0 Å². The number of rotatable bonds is 5. The predicted molar refractivity (Wildman–Crippen MR) is 225 cm³/mol. The van der Waals surface area contributed by atoms with Crippen LogP contribution in [0.5, 0.6) is 0 Å². The third-order valence-electron chi connectivity index (χ3n) is 10.3. The number of hydrogen-bond donors (Lipinski definition) is 0. The van der Waals surface area contributed by atoms with Gasteiger partial charge in [-0.25, -0.2) is 0 Å². The van der Waals surface area contributed by atoms with Crippen LogP contribution >= 0.6 is 22.7 Å². The first-order valence-corrected chi connectivity index (χ1v) is 19.1. The van der Waals surface area contributed by atoms with Gasteiger partial charge < -0.3 is 9.32 Å². The van der Waals surface area contributed by atoms with Gasteiger partial charge in [0.05, 0.1) is 21.5 Å². The molecule has 8 aromatic carbocycles. The summed E-state index contributed by atoms with van der Waals surface area (Å²) in [6, 6.07) is 63.5. The number of furan rings is 1. The second-order valence-electron chi connectivity index (χ2n) is 13.2. The first-order valence-electron chi connectivity index (χ1n) is 17.5. The van der Waals surface area contributed by atoms with Crippen molar-refractivity contribution in [3.63, 3.8) is 0 Å². The molecular weight excluding hydrogens is 671 g/mol. The van der Waals surface area contributed by atoms with Crippen LogP contribution in [0.1, 0.15) is 0 Å². The fraction of sp³-hybridized carbons (Fsp3) is 0. The molecule has 3 heterocycles. The highest BCUT2D eigenvalue weighted by molar-refractivity contribution is 7.26. The number of hydrogen-bond acceptors (Lipinski definition) is 4. The third kappa shape index (κ3) is 4.48. The van der Waals surface area contributed by atoms with Crippen molar-refractivity contribution < 1.29 is 4.42 Å². The zero-order valence-corrected chi connectivity index (χ0v) is 29.5. The molecule has 11 rings (SSSR count). The maximum Gasteiger partial charge on any atom is 0.145 e. The van der Waals surface area contributed by atoms with E-state index in [0.717, 1.165) is 50.1 Å². The molecule has 4 heteroatoms. The minimum atomic E-state index is 0.884. The van der Waals surface area contributed by atoms with E-state index in [9.17, 15) is 0 Å². The van der Waals surface area contributed by atoms with Crippen molar-refractivity contribution >= 4 is 102 Å². The Balaban J connectivity index is 1.23. The molecule has 2 nitrogen and oxygen atoms in total. The van der Waals surface area contributed by atoms with Gasteiger partial charge >= 0.3 is 0 Å². The summed E-state index contributed by atoms with van der Waals surface area (Å²) in [4.78, 5) is 2.47. The van der Waals surface area contributed by atoms with Gasteiger partial charge in [-0.15, -0.1) is 22.7 Å². The molecule has 0 unspecified atom stereocenters. The predicted octanol–water partition coefficient (Wildman–Crippen LogP) is 15.1. The number of anilines is 3. The molecule has 0 saturated heterocycles. The lowest BCUT2D eigenvalue weighted by atomic mass is 9.99. The van der Waals surface area contributed by atoms with Crippen LogP contribution in [0, 0.1) is 0 Å². The van der Waals surface area contributed by atoms with Gasteiger partial charge in [-0.1, -0.05) is 127 Å². The monoisotopic (exact) mass is 699 g/mol. The van der Waals surface area contributed by atoms with Crippen LogP contribution < -0.4 is 4.90 Å². The molecule has 11 aromatic rings. The zero-order valence-electron chi connectivity index (χ0n) is 27.9. The van der Waals surface area contributed by atoms with E-state index in [0.29, 0.717) is 0 Å². The molecule has 0 radical (unpaired) electrons. The van der Waals surface area contributed by atoms with E-state index < -0.39 is 0 Å². The van der Waals surface area contributed by atoms with Gasteiger partial charge in [0.2, 0.25) is 0 Å². The lowest BCUT2D eigenvalue weighted by molar-refractivity contribution is 0.670. The van der Waals surface area contributed by atoms with E-state index in [2.05, 4.69) is 181 Å². The van der Waals surface area contributed by atoms with Crippen LogP contribution in [0.2, 0.25) is 0 Å². The van der Waals surface area contributed by atoms with Gasteiger partial charge in [0, 0.05) is 52.3 Å². The minimum absolute atomic E-state index is 0.884. The molecule has 3 aromatic heterocycles. The summed E-state index contributed by atoms with van der Waals surface area (Å²) in [6.45, 7) is 0. The smallest absolute Gasteiger partial charge is 0.145 e. The summed E-state index contributed by atoms with van der Waals surface area (Å²) in [5.41, 5.74) is 9.88. The largest absolute Gasteiger partial charge is 0.455 e. The Kier molecular flexibility index (Phi) is 6.63. The molecule has 0 saturated carbocycles. The maximum absolute atomic E-state index is 6.78. The molecule has 0 aliphatic carbocycles. The highest BCUT2D eigenvalue weighted by Crippen LogP contribution is 2.51. The third-order valence-corrected chi connectivity index (χ3v) is 12.7. The number of benzene rings is 8. The van der Waals surface area contributed by atoms with E-state index in [1.807, 2.05) is 22.7 Å². The highest BCUT2D eigenvalue weighted by atomic mass is 32.1. The highest BCUT2D eigenvalue weighted by Gasteiger charge is 2.25. The summed E-state index contributed by atoms with van der Waals surface area (Å²) in [6.07, 6.45) is 0. The van der Waals surface area contributed by atoms with E-state index in [4.69, 9.17) is 4.42 Å². The van der Waals surface area contributed by atoms with Crippen LogP contribution in [0.15, 0.2) is 180 Å². The Morgan fingerprint density at radius 3 is 1.87 bits per heavy atom.